The maximum Gasteiger partial charge on any atom is 0.295 e. The minimum absolute atomic E-state index is 0.0642. The van der Waals surface area contributed by atoms with Crippen LogP contribution < -0.4 is 10.6 Å². The number of nitro groups is 1. The molecule has 0 heterocycles. The summed E-state index contributed by atoms with van der Waals surface area (Å²) in [6.45, 7) is 1.55. The predicted octanol–water partition coefficient (Wildman–Crippen LogP) is 3.75. The van der Waals surface area contributed by atoms with Crippen LogP contribution in [-0.4, -0.2) is 17.4 Å². The average molecular weight is 338 g/mol. The van der Waals surface area contributed by atoms with E-state index in [0.29, 0.717) is 10.7 Å². The number of hydrogen-bond donors (Lipinski definition) is 2. The monoisotopic (exact) mass is 337 g/mol. The standard InChI is InChI=1S/C15H13ClFN3O3/c1-9-11(16)3-2-4-12(9)19-15(21)8-18-13-6-5-10(17)7-14(13)20(22)23/h2-7,18H,8H2,1H3,(H,19,21). The number of nitro benzene ring substituents is 1. The van der Waals surface area contributed by atoms with Crippen LogP contribution in [0.2, 0.25) is 5.02 Å². The van der Waals surface area contributed by atoms with E-state index in [1.54, 1.807) is 25.1 Å². The van der Waals surface area contributed by atoms with Gasteiger partial charge in [-0.25, -0.2) is 4.39 Å². The van der Waals surface area contributed by atoms with E-state index in [9.17, 15) is 19.3 Å². The highest BCUT2D eigenvalue weighted by molar-refractivity contribution is 6.31. The number of rotatable bonds is 5. The number of anilines is 2. The first-order valence-electron chi connectivity index (χ1n) is 6.61. The zero-order chi connectivity index (χ0) is 17.0. The molecule has 0 atom stereocenters. The fourth-order valence-electron chi connectivity index (χ4n) is 1.92. The van der Waals surface area contributed by atoms with Crippen molar-refractivity contribution in [1.29, 1.82) is 0 Å². The molecule has 120 valence electrons. The summed E-state index contributed by atoms with van der Waals surface area (Å²) in [5.74, 6) is -1.13. The van der Waals surface area contributed by atoms with E-state index in [1.807, 2.05) is 0 Å². The van der Waals surface area contributed by atoms with Crippen molar-refractivity contribution in [2.75, 3.05) is 17.2 Å². The van der Waals surface area contributed by atoms with Gasteiger partial charge in [0.1, 0.15) is 11.5 Å². The van der Waals surface area contributed by atoms with Gasteiger partial charge in [0.05, 0.1) is 17.5 Å². The second-order valence-corrected chi connectivity index (χ2v) is 5.14. The summed E-state index contributed by atoms with van der Waals surface area (Å²) in [6, 6.07) is 8.18. The Morgan fingerprint density at radius 2 is 2.04 bits per heavy atom. The first kappa shape index (κ1) is 16.7. The molecule has 2 aromatic carbocycles. The molecular weight excluding hydrogens is 325 g/mol. The number of benzene rings is 2. The van der Waals surface area contributed by atoms with E-state index in [4.69, 9.17) is 11.6 Å². The lowest BCUT2D eigenvalue weighted by Gasteiger charge is -2.11. The third kappa shape index (κ3) is 4.17. The number of carbonyl (C=O) groups excluding carboxylic acids is 1. The van der Waals surface area contributed by atoms with E-state index < -0.39 is 22.3 Å². The van der Waals surface area contributed by atoms with Crippen LogP contribution in [0.4, 0.5) is 21.5 Å². The van der Waals surface area contributed by atoms with Crippen LogP contribution >= 0.6 is 11.6 Å². The Labute approximate surface area is 136 Å². The second-order valence-electron chi connectivity index (χ2n) is 4.73. The highest BCUT2D eigenvalue weighted by Gasteiger charge is 2.15. The van der Waals surface area contributed by atoms with Crippen molar-refractivity contribution in [3.63, 3.8) is 0 Å². The van der Waals surface area contributed by atoms with Gasteiger partial charge < -0.3 is 10.6 Å². The summed E-state index contributed by atoms with van der Waals surface area (Å²) < 4.78 is 13.1. The molecule has 0 fully saturated rings. The molecule has 0 unspecified atom stereocenters. The summed E-state index contributed by atoms with van der Waals surface area (Å²) in [5, 5.41) is 16.7. The topological polar surface area (TPSA) is 84.3 Å². The average Bonchev–Trinajstić information content (AvgIpc) is 2.50. The van der Waals surface area contributed by atoms with E-state index in [1.165, 1.54) is 6.07 Å². The SMILES string of the molecule is Cc1c(Cl)cccc1NC(=O)CNc1ccc(F)cc1[N+](=O)[O-]. The van der Waals surface area contributed by atoms with Crippen molar-refractivity contribution in [3.8, 4) is 0 Å². The summed E-state index contributed by atoms with van der Waals surface area (Å²) >= 11 is 5.96. The van der Waals surface area contributed by atoms with E-state index >= 15 is 0 Å². The van der Waals surface area contributed by atoms with Crippen LogP contribution in [0.3, 0.4) is 0 Å². The fourth-order valence-corrected chi connectivity index (χ4v) is 2.09. The van der Waals surface area contributed by atoms with Gasteiger partial charge in [-0.15, -0.1) is 0 Å². The molecule has 0 aliphatic carbocycles. The predicted molar refractivity (Wildman–Crippen MR) is 86.4 cm³/mol. The molecule has 2 aromatic rings. The Morgan fingerprint density at radius 1 is 1.30 bits per heavy atom. The van der Waals surface area contributed by atoms with Crippen LogP contribution in [0.15, 0.2) is 36.4 Å². The molecule has 0 radical (unpaired) electrons. The molecule has 0 aromatic heterocycles. The molecule has 0 saturated heterocycles. The Morgan fingerprint density at radius 3 is 2.74 bits per heavy atom. The largest absolute Gasteiger partial charge is 0.371 e. The number of halogens is 2. The number of nitrogens with one attached hydrogen (secondary N) is 2. The summed E-state index contributed by atoms with van der Waals surface area (Å²) in [7, 11) is 0. The Bertz CT molecular complexity index is 768. The Kier molecular flexibility index (Phi) is 5.13. The lowest BCUT2D eigenvalue weighted by Crippen LogP contribution is -2.22. The number of nitrogens with zero attached hydrogens (tertiary/aromatic N) is 1. The van der Waals surface area contributed by atoms with Crippen LogP contribution in [0.1, 0.15) is 5.56 Å². The molecule has 2 N–H and O–H groups in total. The van der Waals surface area contributed by atoms with Crippen molar-refractivity contribution in [2.24, 2.45) is 0 Å². The van der Waals surface area contributed by atoms with E-state index in [0.717, 1.165) is 17.7 Å². The van der Waals surface area contributed by atoms with Crippen molar-refractivity contribution in [2.45, 2.75) is 6.92 Å². The van der Waals surface area contributed by atoms with Crippen molar-refractivity contribution in [3.05, 3.63) is 62.9 Å². The third-order valence-electron chi connectivity index (χ3n) is 3.14. The number of amides is 1. The lowest BCUT2D eigenvalue weighted by atomic mass is 10.2. The van der Waals surface area contributed by atoms with Crippen LogP contribution in [0.25, 0.3) is 0 Å². The molecule has 6 nitrogen and oxygen atoms in total. The van der Waals surface area contributed by atoms with Gasteiger partial charge in [-0.3, -0.25) is 14.9 Å². The van der Waals surface area contributed by atoms with E-state index in [2.05, 4.69) is 10.6 Å². The summed E-state index contributed by atoms with van der Waals surface area (Å²) in [5.41, 5.74) is 0.902. The Balaban J connectivity index is 2.05. The fraction of sp³-hybridized carbons (Fsp3) is 0.133. The molecule has 0 aliphatic heterocycles. The molecule has 2 rings (SSSR count). The smallest absolute Gasteiger partial charge is 0.295 e. The van der Waals surface area contributed by atoms with Gasteiger partial charge in [0.25, 0.3) is 5.69 Å². The Hall–Kier alpha value is -2.67. The lowest BCUT2D eigenvalue weighted by molar-refractivity contribution is -0.384. The van der Waals surface area contributed by atoms with Crippen LogP contribution in [0.5, 0.6) is 0 Å². The molecular formula is C15H13ClFN3O3. The maximum absolute atomic E-state index is 13.1. The highest BCUT2D eigenvalue weighted by Crippen LogP contribution is 2.25. The molecule has 0 aliphatic rings. The molecule has 23 heavy (non-hydrogen) atoms. The molecule has 0 bridgehead atoms. The molecule has 8 heteroatoms. The summed E-state index contributed by atoms with van der Waals surface area (Å²) in [6.07, 6.45) is 0. The van der Waals surface area contributed by atoms with Crippen LogP contribution in [0, 0.1) is 22.9 Å². The molecule has 0 saturated carbocycles. The minimum Gasteiger partial charge on any atom is -0.371 e. The minimum atomic E-state index is -0.721. The summed E-state index contributed by atoms with van der Waals surface area (Å²) in [4.78, 5) is 22.1. The second kappa shape index (κ2) is 7.06. The van der Waals surface area contributed by atoms with Crippen molar-refractivity contribution < 1.29 is 14.1 Å². The third-order valence-corrected chi connectivity index (χ3v) is 3.55. The van der Waals surface area contributed by atoms with Gasteiger partial charge in [-0.2, -0.15) is 0 Å². The van der Waals surface area contributed by atoms with Gasteiger partial charge in [0.2, 0.25) is 5.91 Å². The van der Waals surface area contributed by atoms with Gasteiger partial charge >= 0.3 is 0 Å². The van der Waals surface area contributed by atoms with Crippen molar-refractivity contribution >= 4 is 34.6 Å². The number of hydrogen-bond acceptors (Lipinski definition) is 4. The van der Waals surface area contributed by atoms with Gasteiger partial charge in [0.15, 0.2) is 0 Å². The zero-order valence-electron chi connectivity index (χ0n) is 12.1. The normalized spacial score (nSPS) is 10.2. The molecule has 1 amide bonds. The highest BCUT2D eigenvalue weighted by atomic mass is 35.5. The first-order chi connectivity index (χ1) is 10.9. The quantitative estimate of drug-likeness (QED) is 0.643. The van der Waals surface area contributed by atoms with Gasteiger partial charge in [0, 0.05) is 10.7 Å². The van der Waals surface area contributed by atoms with E-state index in [-0.39, 0.29) is 12.2 Å². The van der Waals surface area contributed by atoms with Crippen LogP contribution in [-0.2, 0) is 4.79 Å². The van der Waals surface area contributed by atoms with Gasteiger partial charge in [-0.05, 0) is 36.8 Å². The first-order valence-corrected chi connectivity index (χ1v) is 6.99. The maximum atomic E-state index is 13.1. The molecule has 0 spiro atoms. The van der Waals surface area contributed by atoms with Crippen molar-refractivity contribution in [1.82, 2.24) is 0 Å². The number of carbonyl (C=O) groups is 1. The van der Waals surface area contributed by atoms with Gasteiger partial charge in [-0.1, -0.05) is 17.7 Å². The zero-order valence-corrected chi connectivity index (χ0v) is 12.9.